The number of carbonyl (C=O) groups excluding carboxylic acids is 6. The lowest BCUT2D eigenvalue weighted by Gasteiger charge is -2.25. The van der Waals surface area contributed by atoms with Gasteiger partial charge in [0, 0.05) is 45.9 Å². The number of nitrogens with one attached hydrogen (secondary N) is 2. The number of benzene rings is 4. The van der Waals surface area contributed by atoms with Crippen LogP contribution in [0.25, 0.3) is 22.3 Å². The first-order valence-electron chi connectivity index (χ1n) is 18.0. The van der Waals surface area contributed by atoms with Crippen LogP contribution in [0.4, 0.5) is 0 Å². The minimum Gasteiger partial charge on any atom is -0.467 e. The lowest BCUT2D eigenvalue weighted by Crippen LogP contribution is -2.52. The Kier molecular flexibility index (Phi) is 17.6. The summed E-state index contributed by atoms with van der Waals surface area (Å²) in [6.45, 7) is 2.29. The first-order valence-corrected chi connectivity index (χ1v) is 18.0. The topological polar surface area (TPSA) is 172 Å². The number of hydrogen-bond acceptors (Lipinski definition) is 9. The molecule has 1 aliphatic heterocycles. The van der Waals surface area contributed by atoms with Gasteiger partial charge in [-0.25, -0.2) is 4.79 Å². The standard InChI is InChI=1S/2C19H20N2O4.C5H10O/c1-20-17(22)16(19(24)25-3)21(2)18(23)15-11-9-14(10-12-15)13-7-5-4-6-8-13;1-20-18(24)17(16(23)12-22)21(2)19(25)15-10-8-14(9-11-15)13-6-4-3-5-7-13;1-5-3-2-4-6-5/h4-12,16H,1-3H3,(H,20,22);3-11,17,22H,12H2,1-2H3,(H,20,24);5H,2-4H2,1H3. The van der Waals surface area contributed by atoms with Crippen LogP contribution in [0.15, 0.2) is 109 Å². The van der Waals surface area contributed by atoms with Crippen LogP contribution in [-0.2, 0) is 28.7 Å². The van der Waals surface area contributed by atoms with E-state index in [0.29, 0.717) is 17.2 Å². The largest absolute Gasteiger partial charge is 0.467 e. The molecular formula is C43H50N4O9. The number of methoxy groups -OCH3 is 1. The third-order valence-corrected chi connectivity index (χ3v) is 8.93. The quantitative estimate of drug-likeness (QED) is 0.151. The summed E-state index contributed by atoms with van der Waals surface area (Å²) in [7, 11) is 6.69. The number of ketones is 1. The number of ether oxygens (including phenoxy) is 2. The Balaban J connectivity index is 0.000000261. The average molecular weight is 767 g/mol. The van der Waals surface area contributed by atoms with Gasteiger partial charge in [-0.05, 0) is 66.3 Å². The summed E-state index contributed by atoms with van der Waals surface area (Å²) < 4.78 is 9.78. The molecule has 1 heterocycles. The Morgan fingerprint density at radius 3 is 1.39 bits per heavy atom. The Morgan fingerprint density at radius 1 is 0.679 bits per heavy atom. The van der Waals surface area contributed by atoms with Crippen LogP contribution >= 0.6 is 0 Å². The summed E-state index contributed by atoms with van der Waals surface area (Å²) in [4.78, 5) is 74.8. The summed E-state index contributed by atoms with van der Waals surface area (Å²) in [5, 5.41) is 13.7. The van der Waals surface area contributed by atoms with Crippen LogP contribution in [0.5, 0.6) is 0 Å². The number of carbonyl (C=O) groups is 6. The van der Waals surface area contributed by atoms with Crippen molar-refractivity contribution in [2.24, 2.45) is 0 Å². The van der Waals surface area contributed by atoms with E-state index in [-0.39, 0.29) is 0 Å². The molecule has 0 aliphatic carbocycles. The molecule has 0 saturated carbocycles. The van der Waals surface area contributed by atoms with Gasteiger partial charge < -0.3 is 35.0 Å². The van der Waals surface area contributed by atoms with Crippen LogP contribution in [0, 0.1) is 0 Å². The molecule has 13 nitrogen and oxygen atoms in total. The third kappa shape index (κ3) is 12.2. The molecule has 3 N–H and O–H groups in total. The minimum absolute atomic E-state index is 0.349. The van der Waals surface area contributed by atoms with Gasteiger partial charge in [-0.2, -0.15) is 0 Å². The van der Waals surface area contributed by atoms with Crippen molar-refractivity contribution in [3.8, 4) is 22.3 Å². The van der Waals surface area contributed by atoms with Gasteiger partial charge in [0.15, 0.2) is 11.8 Å². The van der Waals surface area contributed by atoms with E-state index < -0.39 is 54.1 Å². The van der Waals surface area contributed by atoms with E-state index in [2.05, 4.69) is 22.3 Å². The van der Waals surface area contributed by atoms with Crippen LogP contribution in [0.2, 0.25) is 0 Å². The molecule has 56 heavy (non-hydrogen) atoms. The molecule has 0 radical (unpaired) electrons. The van der Waals surface area contributed by atoms with Crippen LogP contribution < -0.4 is 10.6 Å². The van der Waals surface area contributed by atoms with E-state index in [1.54, 1.807) is 36.4 Å². The van der Waals surface area contributed by atoms with Gasteiger partial charge in [-0.1, -0.05) is 84.9 Å². The summed E-state index contributed by atoms with van der Waals surface area (Å²) in [6, 6.07) is 30.6. The second-order valence-electron chi connectivity index (χ2n) is 12.7. The molecule has 13 heteroatoms. The molecule has 3 atom stereocenters. The fourth-order valence-corrected chi connectivity index (χ4v) is 5.70. The number of aliphatic hydroxyl groups excluding tert-OH is 1. The maximum absolute atomic E-state index is 12.6. The van der Waals surface area contributed by atoms with Crippen molar-refractivity contribution >= 4 is 35.4 Å². The van der Waals surface area contributed by atoms with Gasteiger partial charge in [0.05, 0.1) is 13.2 Å². The van der Waals surface area contributed by atoms with Crippen molar-refractivity contribution in [2.45, 2.75) is 38.0 Å². The van der Waals surface area contributed by atoms with Gasteiger partial charge in [0.25, 0.3) is 17.7 Å². The maximum atomic E-state index is 12.6. The van der Waals surface area contributed by atoms with Crippen LogP contribution in [-0.4, -0.2) is 117 Å². The first kappa shape index (κ1) is 44.2. The van der Waals surface area contributed by atoms with Crippen molar-refractivity contribution in [1.29, 1.82) is 0 Å². The lowest BCUT2D eigenvalue weighted by molar-refractivity contribution is -0.150. The Hall–Kier alpha value is -6.18. The summed E-state index contributed by atoms with van der Waals surface area (Å²) in [5.74, 6) is -3.71. The zero-order valence-electron chi connectivity index (χ0n) is 32.6. The first-order chi connectivity index (χ1) is 26.9. The smallest absolute Gasteiger partial charge is 0.338 e. The molecule has 1 saturated heterocycles. The fourth-order valence-electron chi connectivity index (χ4n) is 5.70. The third-order valence-electron chi connectivity index (χ3n) is 8.93. The van der Waals surface area contributed by atoms with Crippen molar-refractivity contribution in [2.75, 3.05) is 48.5 Å². The van der Waals surface area contributed by atoms with Crippen molar-refractivity contribution in [3.05, 3.63) is 120 Å². The van der Waals surface area contributed by atoms with Gasteiger partial charge in [0.1, 0.15) is 6.61 Å². The lowest BCUT2D eigenvalue weighted by atomic mass is 10.0. The molecule has 3 unspecified atom stereocenters. The highest BCUT2D eigenvalue weighted by molar-refractivity contribution is 6.10. The number of hydrogen-bond donors (Lipinski definition) is 3. The van der Waals surface area contributed by atoms with Crippen LogP contribution in [0.3, 0.4) is 0 Å². The predicted octanol–water partition coefficient (Wildman–Crippen LogP) is 4.00. The minimum atomic E-state index is -1.36. The maximum Gasteiger partial charge on any atom is 0.338 e. The van der Waals surface area contributed by atoms with Gasteiger partial charge in [-0.15, -0.1) is 0 Å². The van der Waals surface area contributed by atoms with Gasteiger partial charge >= 0.3 is 5.97 Å². The van der Waals surface area contributed by atoms with E-state index >= 15 is 0 Å². The molecule has 4 aromatic carbocycles. The molecule has 1 aliphatic rings. The number of aliphatic hydroxyl groups is 1. The highest BCUT2D eigenvalue weighted by Crippen LogP contribution is 2.21. The zero-order valence-corrected chi connectivity index (χ0v) is 32.6. The van der Waals surface area contributed by atoms with E-state index in [0.717, 1.165) is 38.7 Å². The number of likely N-dealkylation sites (N-methyl/N-ethyl adjacent to an activating group) is 4. The Labute approximate surface area is 327 Å². The second kappa shape index (κ2) is 22.3. The van der Waals surface area contributed by atoms with Gasteiger partial charge in [-0.3, -0.25) is 24.0 Å². The molecular weight excluding hydrogens is 716 g/mol. The Morgan fingerprint density at radius 2 is 1.07 bits per heavy atom. The summed E-state index contributed by atoms with van der Waals surface area (Å²) in [6.07, 6.45) is 3.08. The number of Topliss-reactive ketones (excluding diaryl/α,β-unsaturated/α-hetero) is 1. The molecule has 0 bridgehead atoms. The number of rotatable bonds is 11. The average Bonchev–Trinajstić information content (AvgIpc) is 3.74. The predicted molar refractivity (Wildman–Crippen MR) is 212 cm³/mol. The monoisotopic (exact) mass is 766 g/mol. The van der Waals surface area contributed by atoms with E-state index in [4.69, 9.17) is 9.84 Å². The normalized spacial score (nSPS) is 13.9. The Bertz CT molecular complexity index is 1730. The highest BCUT2D eigenvalue weighted by Gasteiger charge is 2.35. The van der Waals surface area contributed by atoms with Crippen molar-refractivity contribution < 1.29 is 43.3 Å². The van der Waals surface area contributed by atoms with Crippen molar-refractivity contribution in [3.63, 3.8) is 0 Å². The van der Waals surface area contributed by atoms with E-state index in [1.807, 2.05) is 72.8 Å². The van der Waals surface area contributed by atoms with Crippen molar-refractivity contribution in [1.82, 2.24) is 20.4 Å². The number of amides is 4. The zero-order chi connectivity index (χ0) is 41.2. The van der Waals surface area contributed by atoms with E-state index in [1.165, 1.54) is 48.1 Å². The number of esters is 1. The van der Waals surface area contributed by atoms with E-state index in [9.17, 15) is 28.8 Å². The molecule has 296 valence electrons. The summed E-state index contributed by atoms with van der Waals surface area (Å²) in [5.41, 5.74) is 4.70. The van der Waals surface area contributed by atoms with Crippen LogP contribution in [0.1, 0.15) is 40.5 Å². The second-order valence-corrected chi connectivity index (χ2v) is 12.7. The number of nitrogens with zero attached hydrogens (tertiary/aromatic N) is 2. The molecule has 5 rings (SSSR count). The summed E-state index contributed by atoms with van der Waals surface area (Å²) >= 11 is 0. The molecule has 1 fully saturated rings. The molecule has 4 amide bonds. The highest BCUT2D eigenvalue weighted by atomic mass is 16.5. The fraction of sp³-hybridized carbons (Fsp3) is 0.302. The molecule has 0 spiro atoms. The SMILES string of the molecule is CC1CCCO1.CNC(=O)C(C(=O)CO)N(C)C(=O)c1ccc(-c2ccccc2)cc1.CNC(=O)C(C(=O)OC)N(C)C(=O)c1ccc(-c2ccccc2)cc1. The van der Waals surface area contributed by atoms with Gasteiger partial charge in [0.2, 0.25) is 11.9 Å². The molecule has 4 aromatic rings. The molecule has 0 aromatic heterocycles.